The molecule has 2 aromatic carbocycles. The van der Waals surface area contributed by atoms with Gasteiger partial charge in [0.2, 0.25) is 0 Å². The van der Waals surface area contributed by atoms with Gasteiger partial charge in [0.05, 0.1) is 5.69 Å². The van der Waals surface area contributed by atoms with E-state index in [0.29, 0.717) is 12.2 Å². The van der Waals surface area contributed by atoms with Gasteiger partial charge in [0.1, 0.15) is 5.69 Å². The molecule has 0 aliphatic rings. The average Bonchev–Trinajstić information content (AvgIpc) is 3.39. The van der Waals surface area contributed by atoms with E-state index in [9.17, 15) is 14.7 Å². The molecule has 2 heterocycles. The van der Waals surface area contributed by atoms with Gasteiger partial charge in [-0.25, -0.2) is 9.59 Å². The van der Waals surface area contributed by atoms with Gasteiger partial charge in [-0.15, -0.1) is 0 Å². The van der Waals surface area contributed by atoms with E-state index in [-0.39, 0.29) is 64.8 Å². The van der Waals surface area contributed by atoms with Crippen LogP contribution in [0.2, 0.25) is 0 Å². The number of aromatic carboxylic acids is 1. The van der Waals surface area contributed by atoms with Crippen molar-refractivity contribution in [3.8, 4) is 22.5 Å². The summed E-state index contributed by atoms with van der Waals surface area (Å²) < 4.78 is 4.71. The number of rotatable bonds is 8. The summed E-state index contributed by atoms with van der Waals surface area (Å²) in [5.41, 5.74) is 5.27. The molecule has 10 heteroatoms. The number of H-pyrrole nitrogens is 2. The van der Waals surface area contributed by atoms with Crippen LogP contribution in [0.5, 0.6) is 0 Å². The van der Waals surface area contributed by atoms with Crippen LogP contribution in [0.25, 0.3) is 22.5 Å². The molecule has 4 aromatic rings. The third-order valence-corrected chi connectivity index (χ3v) is 5.20. The molecule has 0 fully saturated rings. The fourth-order valence-corrected chi connectivity index (χ4v) is 3.61. The monoisotopic (exact) mass is 466 g/mol. The Labute approximate surface area is 234 Å². The van der Waals surface area contributed by atoms with Gasteiger partial charge >= 0.3 is 70.8 Å². The zero-order valence-corrected chi connectivity index (χ0v) is 17.0. The molecule has 8 nitrogen and oxygen atoms in total. The third-order valence-electron chi connectivity index (χ3n) is 5.20. The summed E-state index contributed by atoms with van der Waals surface area (Å²) in [4.78, 5) is 26.8. The molecule has 0 radical (unpaired) electrons. The van der Waals surface area contributed by atoms with E-state index in [4.69, 9.17) is 4.52 Å². The molecule has 0 saturated heterocycles. The van der Waals surface area contributed by atoms with Crippen LogP contribution in [0.15, 0.2) is 57.8 Å². The Morgan fingerprint density at radius 1 is 1.06 bits per heavy atom. The van der Waals surface area contributed by atoms with E-state index in [1.807, 2.05) is 48.5 Å². The molecular formula is C23H24N4Na2O4. The van der Waals surface area contributed by atoms with Crippen molar-refractivity contribution in [2.24, 2.45) is 0 Å². The predicted octanol–water partition coefficient (Wildman–Crippen LogP) is 2.75. The standard InChI is InChI=1S/C23H22N4O4.2Na.2H/c1-2-3-8-19-18(20(22(28)29)26-25-19)13-14-9-11-15(12-10-14)16-6-4-5-7-17(16)21-24-23(30)31-27-21;;;;/h4-7,9-12H,2-3,8,13H2,1H3,(H,25,26)(H,28,29)(H,24,27,30);;;;. The zero-order valence-electron chi connectivity index (χ0n) is 17.0. The maximum absolute atomic E-state index is 11.6. The van der Waals surface area contributed by atoms with Gasteiger partial charge in [-0.1, -0.05) is 61.9 Å². The Hall–Kier alpha value is -1.94. The zero-order chi connectivity index (χ0) is 21.8. The molecule has 2 aromatic heterocycles. The number of aromatic nitrogens is 4. The number of unbranched alkanes of at least 4 members (excludes halogenated alkanes) is 1. The second kappa shape index (κ2) is 12.5. The van der Waals surface area contributed by atoms with E-state index < -0.39 is 11.7 Å². The number of carboxylic acid groups (broad SMARTS) is 1. The van der Waals surface area contributed by atoms with Crippen molar-refractivity contribution >= 4 is 65.1 Å². The van der Waals surface area contributed by atoms with Gasteiger partial charge < -0.3 is 9.63 Å². The molecular weight excluding hydrogens is 442 g/mol. The van der Waals surface area contributed by atoms with Crippen LogP contribution < -0.4 is 5.76 Å². The number of hydrogen-bond donors (Lipinski definition) is 3. The molecule has 33 heavy (non-hydrogen) atoms. The van der Waals surface area contributed by atoms with Gasteiger partial charge in [0, 0.05) is 17.5 Å². The van der Waals surface area contributed by atoms with Gasteiger partial charge in [-0.05, 0) is 29.5 Å². The Morgan fingerprint density at radius 3 is 2.36 bits per heavy atom. The summed E-state index contributed by atoms with van der Waals surface area (Å²) in [6.45, 7) is 2.09. The summed E-state index contributed by atoms with van der Waals surface area (Å²) in [7, 11) is 0. The van der Waals surface area contributed by atoms with Crippen molar-refractivity contribution in [3.63, 3.8) is 0 Å². The van der Waals surface area contributed by atoms with E-state index in [2.05, 4.69) is 27.3 Å². The molecule has 0 saturated carbocycles. The number of aromatic amines is 2. The predicted molar refractivity (Wildman–Crippen MR) is 129 cm³/mol. The van der Waals surface area contributed by atoms with Crippen LogP contribution in [-0.4, -0.2) is 90.5 Å². The average molecular weight is 466 g/mol. The number of aryl methyl sites for hydroxylation is 1. The first-order chi connectivity index (χ1) is 15.1. The molecule has 0 aliphatic carbocycles. The topological polar surface area (TPSA) is 125 Å². The molecule has 0 bridgehead atoms. The third kappa shape index (κ3) is 6.35. The molecule has 3 N–H and O–H groups in total. The number of carbonyl (C=O) groups is 1. The van der Waals surface area contributed by atoms with Crippen molar-refractivity contribution in [3.05, 3.63) is 81.6 Å². The molecule has 162 valence electrons. The van der Waals surface area contributed by atoms with E-state index in [1.54, 1.807) is 0 Å². The van der Waals surface area contributed by atoms with Crippen molar-refractivity contribution in [1.29, 1.82) is 0 Å². The van der Waals surface area contributed by atoms with E-state index in [0.717, 1.165) is 52.8 Å². The number of hydrogen-bond acceptors (Lipinski definition) is 5. The maximum atomic E-state index is 11.6. The normalized spacial score (nSPS) is 10.3. The SMILES string of the molecule is CCCCc1n[nH]c(C(=O)O)c1Cc1ccc(-c2ccccc2-c2nc(=O)o[nH]2)cc1.[NaH].[NaH]. The number of carboxylic acids is 1. The van der Waals surface area contributed by atoms with Crippen LogP contribution in [0.4, 0.5) is 0 Å². The van der Waals surface area contributed by atoms with Crippen LogP contribution in [0, 0.1) is 0 Å². The minimum absolute atomic E-state index is 0. The molecule has 0 amide bonds. The van der Waals surface area contributed by atoms with Crippen LogP contribution in [0.3, 0.4) is 0 Å². The quantitative estimate of drug-likeness (QED) is 0.343. The summed E-state index contributed by atoms with van der Waals surface area (Å²) in [5.74, 6) is -1.31. The Bertz CT molecular complexity index is 1260. The number of nitrogens with zero attached hydrogens (tertiary/aromatic N) is 2. The second-order valence-electron chi connectivity index (χ2n) is 7.28. The van der Waals surface area contributed by atoms with Crippen LogP contribution in [0.1, 0.15) is 47.1 Å². The minimum atomic E-state index is -1.00. The van der Waals surface area contributed by atoms with Crippen LogP contribution in [-0.2, 0) is 12.8 Å². The summed E-state index contributed by atoms with van der Waals surface area (Å²) in [5, 5.41) is 19.0. The molecule has 0 spiro atoms. The van der Waals surface area contributed by atoms with Crippen molar-refractivity contribution in [1.82, 2.24) is 20.3 Å². The fraction of sp³-hybridized carbons (Fsp3) is 0.217. The Morgan fingerprint density at radius 2 is 1.76 bits per heavy atom. The van der Waals surface area contributed by atoms with Gasteiger partial charge in [0.25, 0.3) is 0 Å². The summed E-state index contributed by atoms with van der Waals surface area (Å²) >= 11 is 0. The number of benzene rings is 2. The first kappa shape index (κ1) is 27.3. The van der Waals surface area contributed by atoms with Crippen LogP contribution >= 0.6 is 0 Å². The van der Waals surface area contributed by atoms with Crippen molar-refractivity contribution in [2.45, 2.75) is 32.6 Å². The van der Waals surface area contributed by atoms with Gasteiger partial charge in [-0.2, -0.15) is 15.2 Å². The van der Waals surface area contributed by atoms with Gasteiger partial charge in [0.15, 0.2) is 5.82 Å². The second-order valence-corrected chi connectivity index (χ2v) is 7.28. The fourth-order valence-electron chi connectivity index (χ4n) is 3.61. The molecule has 0 unspecified atom stereocenters. The molecule has 0 aliphatic heterocycles. The van der Waals surface area contributed by atoms with Gasteiger partial charge in [-0.3, -0.25) is 5.10 Å². The Balaban J connectivity index is 0.00000193. The van der Waals surface area contributed by atoms with Crippen molar-refractivity contribution < 1.29 is 14.4 Å². The summed E-state index contributed by atoms with van der Waals surface area (Å²) in [6, 6.07) is 15.5. The Kier molecular flexibility index (Phi) is 10.3. The van der Waals surface area contributed by atoms with E-state index >= 15 is 0 Å². The molecule has 0 atom stereocenters. The van der Waals surface area contributed by atoms with E-state index in [1.165, 1.54) is 0 Å². The molecule has 4 rings (SSSR count). The first-order valence-corrected chi connectivity index (χ1v) is 10.1. The first-order valence-electron chi connectivity index (χ1n) is 10.1. The summed E-state index contributed by atoms with van der Waals surface area (Å²) in [6.07, 6.45) is 3.20. The number of nitrogens with one attached hydrogen (secondary N) is 2. The van der Waals surface area contributed by atoms with Crippen molar-refractivity contribution in [2.75, 3.05) is 0 Å².